The highest BCUT2D eigenvalue weighted by molar-refractivity contribution is 7.87. The summed E-state index contributed by atoms with van der Waals surface area (Å²) in [7, 11) is -4.10. The number of hydrogen-bond donors (Lipinski definition) is 0. The number of halogens is 1. The molecule has 2 aliphatic rings. The number of hydrogen-bond acceptors (Lipinski definition) is 7. The van der Waals surface area contributed by atoms with Gasteiger partial charge in [0.25, 0.3) is 17.7 Å². The SMILES string of the molecule is CC1=CC[C@@H]2C(=O)N(N(CC(=O)c3ccc(OS(=O)(=O)c4ccc(C)cc4)cc3)C(=O)c3ccc(Cl)cc3)C(=O)[C@@H]2C1. The molecular weight excluding hydrogens is 580 g/mol. The standard InChI is InChI=1S/C31H27ClN2O7S/c1-19-3-14-25(15-4-19)42(39,40)41-24-12-8-21(9-13-24)28(35)18-33(29(36)22-6-10-23(32)11-7-22)34-30(37)26-16-5-20(2)17-27(26)31(34)38/h3-15,26-27H,16-18H2,1-2H3/t26-,27+/m0/s1. The molecule has 3 aromatic rings. The van der Waals surface area contributed by atoms with E-state index >= 15 is 0 Å². The van der Waals surface area contributed by atoms with E-state index in [1.54, 1.807) is 12.1 Å². The number of allylic oxidation sites excluding steroid dienone is 2. The van der Waals surface area contributed by atoms with E-state index in [2.05, 4.69) is 0 Å². The molecule has 1 aliphatic heterocycles. The number of amides is 3. The monoisotopic (exact) mass is 606 g/mol. The van der Waals surface area contributed by atoms with Gasteiger partial charge in [-0.15, -0.1) is 0 Å². The molecule has 3 amide bonds. The molecule has 5 rings (SSSR count). The van der Waals surface area contributed by atoms with Gasteiger partial charge in [-0.05, 0) is 87.4 Å². The van der Waals surface area contributed by atoms with Crippen LogP contribution in [0.15, 0.2) is 89.3 Å². The molecule has 2 atom stereocenters. The minimum atomic E-state index is -4.10. The Kier molecular flexibility index (Phi) is 8.03. The summed E-state index contributed by atoms with van der Waals surface area (Å²) in [5.74, 6) is -3.58. The van der Waals surface area contributed by atoms with E-state index in [1.807, 2.05) is 19.9 Å². The first-order valence-corrected chi connectivity index (χ1v) is 15.0. The Morgan fingerprint density at radius 2 is 1.48 bits per heavy atom. The van der Waals surface area contributed by atoms with Gasteiger partial charge in [-0.2, -0.15) is 13.4 Å². The van der Waals surface area contributed by atoms with Crippen LogP contribution in [0.1, 0.15) is 46.0 Å². The average molecular weight is 607 g/mol. The first-order valence-electron chi connectivity index (χ1n) is 13.2. The van der Waals surface area contributed by atoms with Crippen LogP contribution in [-0.2, 0) is 19.7 Å². The van der Waals surface area contributed by atoms with Crippen molar-refractivity contribution in [1.29, 1.82) is 0 Å². The second kappa shape index (κ2) is 11.5. The van der Waals surface area contributed by atoms with Crippen LogP contribution >= 0.6 is 11.6 Å². The van der Waals surface area contributed by atoms with E-state index in [1.165, 1.54) is 60.7 Å². The van der Waals surface area contributed by atoms with Crippen molar-refractivity contribution < 1.29 is 31.8 Å². The zero-order chi connectivity index (χ0) is 30.2. The number of carbonyl (C=O) groups excluding carboxylic acids is 4. The molecule has 3 aromatic carbocycles. The summed E-state index contributed by atoms with van der Waals surface area (Å²) in [5.41, 5.74) is 2.14. The van der Waals surface area contributed by atoms with E-state index in [0.29, 0.717) is 17.9 Å². The van der Waals surface area contributed by atoms with E-state index in [-0.39, 0.29) is 21.8 Å². The third-order valence-corrected chi connectivity index (χ3v) is 8.87. The highest BCUT2D eigenvalue weighted by atomic mass is 35.5. The molecule has 11 heteroatoms. The molecule has 42 heavy (non-hydrogen) atoms. The van der Waals surface area contributed by atoms with Gasteiger partial charge in [0.05, 0.1) is 11.8 Å². The highest BCUT2D eigenvalue weighted by Gasteiger charge is 2.51. The van der Waals surface area contributed by atoms with Crippen molar-refractivity contribution in [2.75, 3.05) is 6.54 Å². The van der Waals surface area contributed by atoms with Gasteiger partial charge in [-0.3, -0.25) is 19.2 Å². The van der Waals surface area contributed by atoms with Crippen LogP contribution < -0.4 is 4.18 Å². The van der Waals surface area contributed by atoms with Crippen LogP contribution in [0.5, 0.6) is 5.75 Å². The number of aryl methyl sites for hydroxylation is 1. The molecule has 0 radical (unpaired) electrons. The predicted molar refractivity (Wildman–Crippen MR) is 154 cm³/mol. The van der Waals surface area contributed by atoms with Crippen molar-refractivity contribution in [2.24, 2.45) is 11.8 Å². The van der Waals surface area contributed by atoms with Crippen molar-refractivity contribution in [3.63, 3.8) is 0 Å². The molecule has 216 valence electrons. The van der Waals surface area contributed by atoms with Crippen molar-refractivity contribution in [3.8, 4) is 5.75 Å². The van der Waals surface area contributed by atoms with E-state index in [0.717, 1.165) is 21.2 Å². The lowest BCUT2D eigenvalue weighted by Crippen LogP contribution is -2.52. The van der Waals surface area contributed by atoms with Crippen LogP contribution in [0.25, 0.3) is 0 Å². The molecule has 1 aliphatic carbocycles. The normalized spacial score (nSPS) is 18.4. The van der Waals surface area contributed by atoms with Crippen LogP contribution in [0, 0.1) is 18.8 Å². The van der Waals surface area contributed by atoms with Crippen molar-refractivity contribution in [3.05, 3.63) is 106 Å². The topological polar surface area (TPSA) is 118 Å². The molecule has 0 saturated carbocycles. The summed E-state index contributed by atoms with van der Waals surface area (Å²) < 4.78 is 30.5. The average Bonchev–Trinajstić information content (AvgIpc) is 3.20. The minimum Gasteiger partial charge on any atom is -0.379 e. The maximum atomic E-state index is 13.6. The van der Waals surface area contributed by atoms with E-state index in [9.17, 15) is 27.6 Å². The van der Waals surface area contributed by atoms with Gasteiger partial charge in [0.15, 0.2) is 5.78 Å². The summed E-state index contributed by atoms with van der Waals surface area (Å²) in [4.78, 5) is 53.8. The first kappa shape index (κ1) is 29.2. The Balaban J connectivity index is 1.39. The van der Waals surface area contributed by atoms with Crippen molar-refractivity contribution >= 4 is 45.2 Å². The van der Waals surface area contributed by atoms with Crippen molar-refractivity contribution in [1.82, 2.24) is 10.0 Å². The number of benzene rings is 3. The fourth-order valence-corrected chi connectivity index (χ4v) is 6.09. The zero-order valence-corrected chi connectivity index (χ0v) is 24.4. The number of Topliss-reactive ketones (excluding diaryl/α,β-unsaturated/α-hetero) is 1. The van der Waals surface area contributed by atoms with Crippen LogP contribution in [0.3, 0.4) is 0 Å². The van der Waals surface area contributed by atoms with Gasteiger partial charge < -0.3 is 4.18 Å². The zero-order valence-electron chi connectivity index (χ0n) is 22.8. The van der Waals surface area contributed by atoms with E-state index < -0.39 is 52.0 Å². The smallest absolute Gasteiger partial charge is 0.339 e. The summed E-state index contributed by atoms with van der Waals surface area (Å²) in [6.07, 6.45) is 2.69. The lowest BCUT2D eigenvalue weighted by molar-refractivity contribution is -0.154. The maximum absolute atomic E-state index is 13.6. The Hall–Kier alpha value is -4.28. The van der Waals surface area contributed by atoms with E-state index in [4.69, 9.17) is 15.8 Å². The molecule has 0 N–H and O–H groups in total. The molecule has 9 nitrogen and oxygen atoms in total. The van der Waals surface area contributed by atoms with Crippen LogP contribution in [-0.4, -0.2) is 48.5 Å². The number of ketones is 1. The second-order valence-electron chi connectivity index (χ2n) is 10.4. The number of fused-ring (bicyclic) bond motifs is 1. The number of imide groups is 1. The summed E-state index contributed by atoms with van der Waals surface area (Å²) >= 11 is 5.97. The molecule has 0 unspecified atom stereocenters. The van der Waals surface area contributed by atoms with Crippen LogP contribution in [0.4, 0.5) is 0 Å². The summed E-state index contributed by atoms with van der Waals surface area (Å²) in [6.45, 7) is 3.11. The summed E-state index contributed by atoms with van der Waals surface area (Å²) in [6, 6.07) is 17.4. The first-order chi connectivity index (χ1) is 19.9. The molecule has 0 aromatic heterocycles. The quantitative estimate of drug-likeness (QED) is 0.153. The fraction of sp³-hybridized carbons (Fsp3) is 0.226. The molecule has 0 bridgehead atoms. The number of carbonyl (C=O) groups is 4. The minimum absolute atomic E-state index is 0.0157. The third-order valence-electron chi connectivity index (χ3n) is 7.35. The van der Waals surface area contributed by atoms with Gasteiger partial charge in [0.1, 0.15) is 17.2 Å². The Morgan fingerprint density at radius 3 is 2.12 bits per heavy atom. The van der Waals surface area contributed by atoms with Crippen molar-refractivity contribution in [2.45, 2.75) is 31.6 Å². The van der Waals surface area contributed by atoms with Gasteiger partial charge in [-0.1, -0.05) is 40.9 Å². The molecule has 1 saturated heterocycles. The lowest BCUT2D eigenvalue weighted by atomic mass is 9.82. The second-order valence-corrected chi connectivity index (χ2v) is 12.3. The summed E-state index contributed by atoms with van der Waals surface area (Å²) in [5, 5.41) is 2.08. The number of hydrazine groups is 1. The molecule has 1 heterocycles. The van der Waals surface area contributed by atoms with Crippen LogP contribution in [0.2, 0.25) is 5.02 Å². The Labute approximate surface area is 248 Å². The number of nitrogens with zero attached hydrogens (tertiary/aromatic N) is 2. The predicted octanol–water partition coefficient (Wildman–Crippen LogP) is 5.00. The largest absolute Gasteiger partial charge is 0.379 e. The highest BCUT2D eigenvalue weighted by Crippen LogP contribution is 2.38. The molecular formula is C31H27ClN2O7S. The lowest BCUT2D eigenvalue weighted by Gasteiger charge is -2.30. The van der Waals surface area contributed by atoms with Gasteiger partial charge in [0.2, 0.25) is 0 Å². The number of rotatable bonds is 8. The molecule has 1 fully saturated rings. The fourth-order valence-electron chi connectivity index (χ4n) is 5.04. The maximum Gasteiger partial charge on any atom is 0.339 e. The third kappa shape index (κ3) is 5.86. The molecule has 0 spiro atoms. The Bertz CT molecular complexity index is 1700. The van der Waals surface area contributed by atoms with Gasteiger partial charge >= 0.3 is 10.1 Å². The Morgan fingerprint density at radius 1 is 0.881 bits per heavy atom. The van der Waals surface area contributed by atoms with Gasteiger partial charge in [0, 0.05) is 16.1 Å². The van der Waals surface area contributed by atoms with Gasteiger partial charge in [-0.25, -0.2) is 5.01 Å².